The van der Waals surface area contributed by atoms with Crippen LogP contribution in [0.1, 0.15) is 5.56 Å². The van der Waals surface area contributed by atoms with Crippen molar-refractivity contribution in [2.45, 2.75) is 6.42 Å². The van der Waals surface area contributed by atoms with Gasteiger partial charge in [0.2, 0.25) is 5.91 Å². The number of primary amides is 1. The zero-order valence-corrected chi connectivity index (χ0v) is 7.08. The van der Waals surface area contributed by atoms with E-state index < -0.39 is 0 Å². The Morgan fingerprint density at radius 1 is 1.38 bits per heavy atom. The highest BCUT2D eigenvalue weighted by Gasteiger charge is 1.99. The van der Waals surface area contributed by atoms with Crippen LogP contribution in [0, 0.1) is 0 Å². The molecule has 0 saturated heterocycles. The molecule has 0 aliphatic heterocycles. The number of benzene rings is 1. The topological polar surface area (TPSA) is 58.9 Å². The van der Waals surface area contributed by atoms with E-state index in [-0.39, 0.29) is 5.91 Å². The lowest BCUT2D eigenvalue weighted by atomic mass is 10.1. The van der Waals surface area contributed by atoms with E-state index in [1.165, 1.54) is 0 Å². The minimum Gasteiger partial charge on any atom is -0.369 e. The Hall–Kier alpha value is -1.77. The van der Waals surface area contributed by atoms with Crippen molar-refractivity contribution in [1.82, 2.24) is 4.98 Å². The van der Waals surface area contributed by atoms with Crippen molar-refractivity contribution in [3.05, 3.63) is 36.0 Å². The molecule has 3 N–H and O–H groups in total. The van der Waals surface area contributed by atoms with Gasteiger partial charge in [-0.15, -0.1) is 0 Å². The Balaban J connectivity index is 2.42. The molecule has 0 aliphatic carbocycles. The van der Waals surface area contributed by atoms with Crippen LogP contribution in [-0.4, -0.2) is 10.9 Å². The van der Waals surface area contributed by atoms with Gasteiger partial charge < -0.3 is 10.7 Å². The predicted molar refractivity (Wildman–Crippen MR) is 51.2 cm³/mol. The van der Waals surface area contributed by atoms with Crippen LogP contribution in [0.4, 0.5) is 0 Å². The van der Waals surface area contributed by atoms with E-state index in [1.54, 1.807) is 0 Å². The number of rotatable bonds is 2. The summed E-state index contributed by atoms with van der Waals surface area (Å²) in [5.74, 6) is -0.300. The van der Waals surface area contributed by atoms with Gasteiger partial charge in [-0.3, -0.25) is 4.79 Å². The Kier molecular flexibility index (Phi) is 1.77. The van der Waals surface area contributed by atoms with Gasteiger partial charge in [0.1, 0.15) is 0 Å². The molecule has 1 heterocycles. The molecule has 0 aliphatic rings. The molecule has 0 radical (unpaired) electrons. The van der Waals surface area contributed by atoms with Gasteiger partial charge in [0.25, 0.3) is 0 Å². The summed E-state index contributed by atoms with van der Waals surface area (Å²) in [6.07, 6.45) is 2.17. The number of nitrogens with two attached hydrogens (primary N) is 1. The highest BCUT2D eigenvalue weighted by molar-refractivity contribution is 5.82. The van der Waals surface area contributed by atoms with Crippen molar-refractivity contribution in [3.8, 4) is 0 Å². The summed E-state index contributed by atoms with van der Waals surface area (Å²) in [7, 11) is 0. The van der Waals surface area contributed by atoms with Crippen LogP contribution in [0.2, 0.25) is 0 Å². The quantitative estimate of drug-likeness (QED) is 0.706. The molecule has 0 spiro atoms. The van der Waals surface area contributed by atoms with Crippen molar-refractivity contribution in [2.24, 2.45) is 5.73 Å². The molecule has 0 saturated carbocycles. The lowest BCUT2D eigenvalue weighted by Crippen LogP contribution is -2.13. The summed E-state index contributed by atoms with van der Waals surface area (Å²) >= 11 is 0. The minimum atomic E-state index is -0.300. The Labute approximate surface area is 75.6 Å². The number of aromatic amines is 1. The highest BCUT2D eigenvalue weighted by atomic mass is 16.1. The summed E-state index contributed by atoms with van der Waals surface area (Å²) in [5.41, 5.74) is 7.08. The summed E-state index contributed by atoms with van der Waals surface area (Å²) in [4.78, 5) is 13.7. The second kappa shape index (κ2) is 2.94. The first-order valence-electron chi connectivity index (χ1n) is 4.10. The number of fused-ring (bicyclic) bond motifs is 1. The van der Waals surface area contributed by atoms with Crippen LogP contribution >= 0.6 is 0 Å². The molecule has 2 aromatic rings. The second-order valence-electron chi connectivity index (χ2n) is 3.04. The largest absolute Gasteiger partial charge is 0.369 e. The molecular formula is C10H10N2O. The Morgan fingerprint density at radius 3 is 3.00 bits per heavy atom. The maximum atomic E-state index is 10.7. The molecular weight excluding hydrogens is 164 g/mol. The molecule has 0 atom stereocenters. The van der Waals surface area contributed by atoms with Gasteiger partial charge in [0, 0.05) is 11.7 Å². The summed E-state index contributed by atoms with van der Waals surface area (Å²) in [5, 5.41) is 1.15. The molecule has 13 heavy (non-hydrogen) atoms. The van der Waals surface area contributed by atoms with E-state index in [0.717, 1.165) is 16.5 Å². The summed E-state index contributed by atoms with van der Waals surface area (Å²) in [6.45, 7) is 0. The average Bonchev–Trinajstić information content (AvgIpc) is 2.49. The molecule has 0 bridgehead atoms. The van der Waals surface area contributed by atoms with Crippen LogP contribution in [-0.2, 0) is 11.2 Å². The SMILES string of the molecule is NC(=O)Cc1ccc2cc[nH]c2c1. The fraction of sp³-hybridized carbons (Fsp3) is 0.100. The van der Waals surface area contributed by atoms with Gasteiger partial charge in [-0.2, -0.15) is 0 Å². The first-order chi connectivity index (χ1) is 6.25. The fourth-order valence-electron chi connectivity index (χ4n) is 1.41. The number of carbonyl (C=O) groups is 1. The molecule has 66 valence electrons. The highest BCUT2D eigenvalue weighted by Crippen LogP contribution is 2.14. The normalized spacial score (nSPS) is 10.5. The molecule has 0 unspecified atom stereocenters. The maximum absolute atomic E-state index is 10.7. The van der Waals surface area contributed by atoms with Gasteiger partial charge in [-0.25, -0.2) is 0 Å². The van der Waals surface area contributed by atoms with Crippen molar-refractivity contribution in [3.63, 3.8) is 0 Å². The van der Waals surface area contributed by atoms with E-state index in [9.17, 15) is 4.79 Å². The number of H-pyrrole nitrogens is 1. The van der Waals surface area contributed by atoms with Crippen molar-refractivity contribution < 1.29 is 4.79 Å². The first-order valence-corrected chi connectivity index (χ1v) is 4.10. The molecule has 1 amide bonds. The smallest absolute Gasteiger partial charge is 0.221 e. The predicted octanol–water partition coefficient (Wildman–Crippen LogP) is 1.20. The van der Waals surface area contributed by atoms with Crippen molar-refractivity contribution >= 4 is 16.8 Å². The van der Waals surface area contributed by atoms with Gasteiger partial charge in [-0.05, 0) is 23.1 Å². The average molecular weight is 174 g/mol. The zero-order valence-electron chi connectivity index (χ0n) is 7.08. The fourth-order valence-corrected chi connectivity index (χ4v) is 1.41. The van der Waals surface area contributed by atoms with Crippen LogP contribution in [0.25, 0.3) is 10.9 Å². The lowest BCUT2D eigenvalue weighted by molar-refractivity contribution is -0.117. The van der Waals surface area contributed by atoms with E-state index in [4.69, 9.17) is 5.73 Å². The molecule has 3 heteroatoms. The van der Waals surface area contributed by atoms with Crippen LogP contribution in [0.5, 0.6) is 0 Å². The summed E-state index contributed by atoms with van der Waals surface area (Å²) in [6, 6.07) is 7.83. The summed E-state index contributed by atoms with van der Waals surface area (Å²) < 4.78 is 0. The number of aromatic nitrogens is 1. The van der Waals surface area contributed by atoms with Gasteiger partial charge >= 0.3 is 0 Å². The third kappa shape index (κ3) is 1.54. The number of carbonyl (C=O) groups excluding carboxylic acids is 1. The van der Waals surface area contributed by atoms with Gasteiger partial charge in [-0.1, -0.05) is 12.1 Å². The van der Waals surface area contributed by atoms with Crippen LogP contribution in [0.3, 0.4) is 0 Å². The van der Waals surface area contributed by atoms with E-state index in [2.05, 4.69) is 4.98 Å². The molecule has 2 rings (SSSR count). The Morgan fingerprint density at radius 2 is 2.23 bits per heavy atom. The van der Waals surface area contributed by atoms with E-state index in [0.29, 0.717) is 6.42 Å². The van der Waals surface area contributed by atoms with Crippen molar-refractivity contribution in [2.75, 3.05) is 0 Å². The first kappa shape index (κ1) is 7.86. The van der Waals surface area contributed by atoms with Crippen LogP contribution < -0.4 is 5.73 Å². The lowest BCUT2D eigenvalue weighted by Gasteiger charge is -1.97. The van der Waals surface area contributed by atoms with E-state index >= 15 is 0 Å². The maximum Gasteiger partial charge on any atom is 0.221 e. The van der Waals surface area contributed by atoms with E-state index in [1.807, 2.05) is 30.5 Å². The molecule has 1 aromatic carbocycles. The third-order valence-corrected chi connectivity index (χ3v) is 2.00. The van der Waals surface area contributed by atoms with Gasteiger partial charge in [0.05, 0.1) is 6.42 Å². The third-order valence-electron chi connectivity index (χ3n) is 2.00. The van der Waals surface area contributed by atoms with Crippen LogP contribution in [0.15, 0.2) is 30.5 Å². The zero-order chi connectivity index (χ0) is 9.26. The standard InChI is InChI=1S/C10H10N2O/c11-10(13)6-7-1-2-8-3-4-12-9(8)5-7/h1-5,12H,6H2,(H2,11,13). The Bertz CT molecular complexity index is 445. The second-order valence-corrected chi connectivity index (χ2v) is 3.04. The number of hydrogen-bond donors (Lipinski definition) is 2. The van der Waals surface area contributed by atoms with Crippen molar-refractivity contribution in [1.29, 1.82) is 0 Å². The molecule has 3 nitrogen and oxygen atoms in total. The number of amides is 1. The number of nitrogens with one attached hydrogen (secondary N) is 1. The molecule has 0 fully saturated rings. The minimum absolute atomic E-state index is 0.300. The van der Waals surface area contributed by atoms with Gasteiger partial charge in [0.15, 0.2) is 0 Å². The monoisotopic (exact) mass is 174 g/mol. The number of hydrogen-bond acceptors (Lipinski definition) is 1. The molecule has 1 aromatic heterocycles.